The van der Waals surface area contributed by atoms with Crippen LogP contribution in [0.5, 0.6) is 5.75 Å². The summed E-state index contributed by atoms with van der Waals surface area (Å²) < 4.78 is 5.36. The molecule has 3 N–H and O–H groups in total. The maximum atomic E-state index is 13.4. The molecule has 0 aliphatic heterocycles. The van der Waals surface area contributed by atoms with Gasteiger partial charge in [-0.2, -0.15) is 0 Å². The second-order valence-electron chi connectivity index (χ2n) is 9.63. The quantitative estimate of drug-likeness (QED) is 0.224. The predicted octanol–water partition coefficient (Wildman–Crippen LogP) is 5.24. The van der Waals surface area contributed by atoms with Crippen LogP contribution >= 0.6 is 0 Å². The normalized spacial score (nSPS) is 11.9. The van der Waals surface area contributed by atoms with Gasteiger partial charge in [-0.25, -0.2) is 0 Å². The maximum absolute atomic E-state index is 13.4. The number of aromatic amines is 1. The van der Waals surface area contributed by atoms with Gasteiger partial charge in [0.1, 0.15) is 17.6 Å². The van der Waals surface area contributed by atoms with Gasteiger partial charge in [0.25, 0.3) is 0 Å². The van der Waals surface area contributed by atoms with Crippen LogP contribution in [0.4, 0.5) is 5.69 Å². The summed E-state index contributed by atoms with van der Waals surface area (Å²) in [7, 11) is 1.61. The molecular formula is C30H34N4O4. The van der Waals surface area contributed by atoms with Crippen molar-refractivity contribution in [2.24, 2.45) is 0 Å². The number of benzene rings is 2. The molecule has 4 rings (SSSR count). The lowest BCUT2D eigenvalue weighted by Gasteiger charge is -2.19. The highest BCUT2D eigenvalue weighted by Crippen LogP contribution is 2.27. The van der Waals surface area contributed by atoms with Crippen molar-refractivity contribution < 1.29 is 19.1 Å². The summed E-state index contributed by atoms with van der Waals surface area (Å²) >= 11 is 0. The highest BCUT2D eigenvalue weighted by molar-refractivity contribution is 6.04. The number of aromatic nitrogens is 2. The highest BCUT2D eigenvalue weighted by atomic mass is 16.5. The largest absolute Gasteiger partial charge is 0.497 e. The van der Waals surface area contributed by atoms with E-state index in [0.717, 1.165) is 45.8 Å². The number of nitrogens with zero attached hydrogens (tertiary/aromatic N) is 1. The fraction of sp³-hybridized carbons (Fsp3) is 0.333. The minimum Gasteiger partial charge on any atom is -0.497 e. The lowest BCUT2D eigenvalue weighted by Crippen LogP contribution is -2.44. The number of hydrogen-bond acceptors (Lipinski definition) is 5. The Hall–Kier alpha value is -4.20. The molecule has 0 unspecified atom stereocenters. The Labute approximate surface area is 222 Å². The number of ketones is 1. The number of ether oxygens (including phenoxy) is 1. The summed E-state index contributed by atoms with van der Waals surface area (Å²) in [6.45, 7) is 3.52. The number of aryl methyl sites for hydroxylation is 1. The first-order chi connectivity index (χ1) is 18.4. The van der Waals surface area contributed by atoms with Gasteiger partial charge in [0, 0.05) is 51.9 Å². The van der Waals surface area contributed by atoms with Crippen LogP contribution in [0.25, 0.3) is 21.7 Å². The summed E-state index contributed by atoms with van der Waals surface area (Å²) in [6.07, 6.45) is 6.86. The van der Waals surface area contributed by atoms with E-state index < -0.39 is 6.04 Å². The number of H-pyrrole nitrogens is 1. The average molecular weight is 515 g/mol. The Morgan fingerprint density at radius 1 is 1.05 bits per heavy atom. The van der Waals surface area contributed by atoms with Gasteiger partial charge in [0.15, 0.2) is 0 Å². The molecular weight excluding hydrogens is 480 g/mol. The maximum Gasteiger partial charge on any atom is 0.246 e. The zero-order valence-electron chi connectivity index (χ0n) is 22.1. The van der Waals surface area contributed by atoms with Gasteiger partial charge < -0.3 is 25.1 Å². The van der Waals surface area contributed by atoms with Gasteiger partial charge in [-0.15, -0.1) is 0 Å². The minimum atomic E-state index is -0.711. The molecule has 2 aromatic heterocycles. The molecule has 1 atom stereocenters. The van der Waals surface area contributed by atoms with Crippen LogP contribution in [-0.4, -0.2) is 40.7 Å². The van der Waals surface area contributed by atoms with Crippen molar-refractivity contribution in [2.75, 3.05) is 12.4 Å². The predicted molar refractivity (Wildman–Crippen MR) is 149 cm³/mol. The number of pyridine rings is 1. The van der Waals surface area contributed by atoms with Gasteiger partial charge in [-0.05, 0) is 62.6 Å². The topological polar surface area (TPSA) is 113 Å². The molecule has 2 amide bonds. The van der Waals surface area contributed by atoms with Gasteiger partial charge in [-0.1, -0.05) is 25.0 Å². The number of carbonyl (C=O) groups is 3. The first-order valence-electron chi connectivity index (χ1n) is 12.9. The van der Waals surface area contributed by atoms with Crippen LogP contribution in [0.2, 0.25) is 0 Å². The average Bonchev–Trinajstić information content (AvgIpc) is 3.21. The van der Waals surface area contributed by atoms with Gasteiger partial charge in [0.2, 0.25) is 11.8 Å². The third kappa shape index (κ3) is 6.56. The summed E-state index contributed by atoms with van der Waals surface area (Å²) in [6, 6.07) is 12.5. The van der Waals surface area contributed by atoms with E-state index in [1.165, 1.54) is 0 Å². The van der Waals surface area contributed by atoms with Crippen LogP contribution < -0.4 is 15.4 Å². The van der Waals surface area contributed by atoms with E-state index in [4.69, 9.17) is 4.74 Å². The molecule has 2 heterocycles. The number of nitrogens with one attached hydrogen (secondary N) is 3. The molecule has 38 heavy (non-hydrogen) atoms. The lowest BCUT2D eigenvalue weighted by molar-refractivity contribution is -0.126. The monoisotopic (exact) mass is 514 g/mol. The zero-order chi connectivity index (χ0) is 27.1. The van der Waals surface area contributed by atoms with Crippen LogP contribution in [0.15, 0.2) is 54.9 Å². The Balaban J connectivity index is 1.50. The number of amides is 2. The fourth-order valence-corrected chi connectivity index (χ4v) is 4.74. The molecule has 0 radical (unpaired) electrons. The molecule has 0 aliphatic carbocycles. The van der Waals surface area contributed by atoms with E-state index in [1.807, 2.05) is 49.4 Å². The molecule has 198 valence electrons. The Bertz CT molecular complexity index is 1450. The minimum absolute atomic E-state index is 0.132. The lowest BCUT2D eigenvalue weighted by atomic mass is 10.0. The second-order valence-corrected chi connectivity index (χ2v) is 9.63. The molecule has 4 aromatic rings. The molecule has 0 spiro atoms. The number of unbranched alkanes of at least 4 members (excludes halogenated alkanes) is 2. The van der Waals surface area contributed by atoms with E-state index in [0.29, 0.717) is 30.7 Å². The van der Waals surface area contributed by atoms with Crippen molar-refractivity contribution in [3.05, 3.63) is 66.1 Å². The molecule has 0 saturated carbocycles. The Morgan fingerprint density at radius 2 is 1.89 bits per heavy atom. The van der Waals surface area contributed by atoms with Crippen molar-refractivity contribution in [3.63, 3.8) is 0 Å². The Kier molecular flexibility index (Phi) is 8.73. The van der Waals surface area contributed by atoms with E-state index in [-0.39, 0.29) is 24.0 Å². The summed E-state index contributed by atoms with van der Waals surface area (Å²) in [4.78, 5) is 45.4. The van der Waals surface area contributed by atoms with Crippen molar-refractivity contribution in [1.29, 1.82) is 0 Å². The van der Waals surface area contributed by atoms with Crippen molar-refractivity contribution in [3.8, 4) is 5.75 Å². The van der Waals surface area contributed by atoms with Crippen molar-refractivity contribution in [1.82, 2.24) is 15.3 Å². The van der Waals surface area contributed by atoms with E-state index in [9.17, 15) is 14.4 Å². The van der Waals surface area contributed by atoms with E-state index >= 15 is 0 Å². The smallest absolute Gasteiger partial charge is 0.246 e. The molecule has 2 aromatic carbocycles. The second kappa shape index (κ2) is 12.4. The van der Waals surface area contributed by atoms with Gasteiger partial charge in [0.05, 0.1) is 13.5 Å². The van der Waals surface area contributed by atoms with Gasteiger partial charge >= 0.3 is 0 Å². The van der Waals surface area contributed by atoms with Crippen LogP contribution in [0.3, 0.4) is 0 Å². The third-order valence-corrected chi connectivity index (χ3v) is 6.78. The van der Waals surface area contributed by atoms with Gasteiger partial charge in [-0.3, -0.25) is 14.6 Å². The molecule has 0 saturated heterocycles. The van der Waals surface area contributed by atoms with Crippen LogP contribution in [-0.2, 0) is 20.8 Å². The number of anilines is 1. The molecule has 0 aliphatic rings. The first-order valence-corrected chi connectivity index (χ1v) is 12.9. The molecule has 0 fully saturated rings. The molecule has 8 heteroatoms. The summed E-state index contributed by atoms with van der Waals surface area (Å²) in [5.74, 6) is 0.365. The van der Waals surface area contributed by atoms with E-state index in [1.54, 1.807) is 26.4 Å². The van der Waals surface area contributed by atoms with Crippen LogP contribution in [0.1, 0.15) is 50.3 Å². The number of fused-ring (bicyclic) bond motifs is 2. The third-order valence-electron chi connectivity index (χ3n) is 6.78. The SMILES string of the molecule is COc1ccc2[nH]c(C)c(CC(=O)N[C@@H](CCCCCC(C)=O)C(=O)Nc3cccc4cnccc34)c2c1. The number of Topliss-reactive ketones (excluding diaryl/α,β-unsaturated/α-hetero) is 1. The molecule has 0 bridgehead atoms. The Morgan fingerprint density at radius 3 is 2.68 bits per heavy atom. The fourth-order valence-electron chi connectivity index (χ4n) is 4.74. The molecule has 8 nitrogen and oxygen atoms in total. The zero-order valence-corrected chi connectivity index (χ0v) is 22.1. The number of methoxy groups -OCH3 is 1. The van der Waals surface area contributed by atoms with Crippen molar-refractivity contribution in [2.45, 2.75) is 58.4 Å². The summed E-state index contributed by atoms with van der Waals surface area (Å²) in [5.41, 5.74) is 3.37. The van der Waals surface area contributed by atoms with E-state index in [2.05, 4.69) is 20.6 Å². The summed E-state index contributed by atoms with van der Waals surface area (Å²) in [5, 5.41) is 8.69. The van der Waals surface area contributed by atoms with Crippen molar-refractivity contribution >= 4 is 45.0 Å². The highest BCUT2D eigenvalue weighted by Gasteiger charge is 2.23. The number of rotatable bonds is 12. The number of carbonyl (C=O) groups excluding carboxylic acids is 3. The van der Waals surface area contributed by atoms with Crippen LogP contribution in [0, 0.1) is 6.92 Å². The number of hydrogen-bond donors (Lipinski definition) is 3. The standard InChI is InChI=1S/C30H34N4O4/c1-19(35)8-5-4-6-10-28(30(37)34-26-11-7-9-21-18-31-15-14-23(21)26)33-29(36)17-24-20(2)32-27-13-12-22(38-3)16-25(24)27/h7,9,11-16,18,28,32H,4-6,8,10,17H2,1-3H3,(H,33,36)(H,34,37)/t28-/m0/s1. The first kappa shape index (κ1) is 26.9.